The largest absolute Gasteiger partial charge is 0.486 e. The zero-order chi connectivity index (χ0) is 14.7. The highest BCUT2D eigenvalue weighted by molar-refractivity contribution is 5.27. The summed E-state index contributed by atoms with van der Waals surface area (Å²) in [5, 5.41) is 0. The van der Waals surface area contributed by atoms with Gasteiger partial charge in [0.2, 0.25) is 0 Å². The number of hydrogen-bond acceptors (Lipinski definition) is 2. The molecule has 0 radical (unpaired) electrons. The van der Waals surface area contributed by atoms with Crippen LogP contribution in [-0.4, -0.2) is 6.61 Å². The summed E-state index contributed by atoms with van der Waals surface area (Å²) < 4.78 is 57.8. The van der Waals surface area contributed by atoms with Crippen molar-refractivity contribution in [3.63, 3.8) is 0 Å². The number of hydrogen-bond donors (Lipinski definition) is 1. The summed E-state index contributed by atoms with van der Waals surface area (Å²) in [5.74, 6) is -3.91. The van der Waals surface area contributed by atoms with E-state index in [1.807, 2.05) is 0 Å². The van der Waals surface area contributed by atoms with Crippen molar-refractivity contribution in [2.24, 2.45) is 5.73 Å². The van der Waals surface area contributed by atoms with E-state index < -0.39 is 35.1 Å². The van der Waals surface area contributed by atoms with Gasteiger partial charge in [-0.3, -0.25) is 0 Å². The van der Waals surface area contributed by atoms with Crippen LogP contribution < -0.4 is 10.5 Å². The molecule has 0 fully saturated rings. The lowest BCUT2D eigenvalue weighted by atomic mass is 10.1. The molecule has 0 aliphatic rings. The van der Waals surface area contributed by atoms with Gasteiger partial charge in [-0.1, -0.05) is 12.1 Å². The molecule has 2 N–H and O–H groups in total. The van der Waals surface area contributed by atoms with Gasteiger partial charge < -0.3 is 10.5 Å². The molecule has 0 saturated heterocycles. The summed E-state index contributed by atoms with van der Waals surface area (Å²) >= 11 is 0. The van der Waals surface area contributed by atoms with Crippen molar-refractivity contribution < 1.29 is 22.3 Å². The smallest absolute Gasteiger partial charge is 0.190 e. The minimum atomic E-state index is -0.977. The zero-order valence-electron chi connectivity index (χ0n) is 10.2. The maximum absolute atomic E-state index is 13.5. The minimum absolute atomic E-state index is 0.00291. The maximum atomic E-state index is 13.5. The third kappa shape index (κ3) is 3.08. The van der Waals surface area contributed by atoms with Crippen LogP contribution in [0.15, 0.2) is 36.4 Å². The van der Waals surface area contributed by atoms with E-state index in [4.69, 9.17) is 10.5 Å². The topological polar surface area (TPSA) is 35.2 Å². The Bertz CT molecular complexity index is 598. The monoisotopic (exact) mass is 285 g/mol. The number of ether oxygens (including phenoxy) is 1. The molecule has 0 aromatic heterocycles. The average Bonchev–Trinajstić information content (AvgIpc) is 2.37. The molecule has 0 amide bonds. The molecule has 106 valence electrons. The summed E-state index contributed by atoms with van der Waals surface area (Å²) in [6.45, 7) is -0.347. The molecule has 2 aromatic carbocycles. The quantitative estimate of drug-likeness (QED) is 0.875. The Balaban J connectivity index is 2.11. The molecule has 0 aliphatic carbocycles. The van der Waals surface area contributed by atoms with Crippen molar-refractivity contribution in [3.05, 3.63) is 65.2 Å². The Morgan fingerprint density at radius 3 is 2.20 bits per heavy atom. The minimum Gasteiger partial charge on any atom is -0.486 e. The van der Waals surface area contributed by atoms with Gasteiger partial charge in [0.25, 0.3) is 0 Å². The lowest BCUT2D eigenvalue weighted by Crippen LogP contribution is -2.21. The van der Waals surface area contributed by atoms with Gasteiger partial charge >= 0.3 is 0 Å². The van der Waals surface area contributed by atoms with Crippen molar-refractivity contribution in [1.82, 2.24) is 0 Å². The maximum Gasteiger partial charge on any atom is 0.190 e. The molecule has 0 saturated carbocycles. The summed E-state index contributed by atoms with van der Waals surface area (Å²) in [5.41, 5.74) is 5.66. The molecular formula is C14H11F4NO. The number of benzene rings is 2. The van der Waals surface area contributed by atoms with Gasteiger partial charge in [0.15, 0.2) is 17.4 Å². The van der Waals surface area contributed by atoms with Crippen molar-refractivity contribution >= 4 is 0 Å². The van der Waals surface area contributed by atoms with E-state index >= 15 is 0 Å². The predicted molar refractivity (Wildman–Crippen MR) is 65.1 cm³/mol. The fourth-order valence-electron chi connectivity index (χ4n) is 1.69. The molecule has 0 bridgehead atoms. The van der Waals surface area contributed by atoms with Crippen LogP contribution in [0, 0.1) is 23.3 Å². The molecule has 0 spiro atoms. The Morgan fingerprint density at radius 1 is 0.950 bits per heavy atom. The number of para-hydroxylation sites is 1. The third-order valence-corrected chi connectivity index (χ3v) is 2.69. The van der Waals surface area contributed by atoms with Crippen molar-refractivity contribution in [3.8, 4) is 5.75 Å². The van der Waals surface area contributed by atoms with Crippen molar-refractivity contribution in [1.29, 1.82) is 0 Å². The Morgan fingerprint density at radius 2 is 1.60 bits per heavy atom. The van der Waals surface area contributed by atoms with E-state index in [1.54, 1.807) is 0 Å². The summed E-state index contributed by atoms with van der Waals surface area (Å²) in [7, 11) is 0. The second-order valence-electron chi connectivity index (χ2n) is 4.13. The molecule has 2 nitrogen and oxygen atoms in total. The lowest BCUT2D eigenvalue weighted by molar-refractivity contribution is 0.261. The molecular weight excluding hydrogens is 274 g/mol. The Hall–Kier alpha value is -2.08. The van der Waals surface area contributed by atoms with Crippen molar-refractivity contribution in [2.75, 3.05) is 6.61 Å². The first kappa shape index (κ1) is 14.3. The van der Waals surface area contributed by atoms with Gasteiger partial charge in [-0.2, -0.15) is 0 Å². The number of rotatable bonds is 4. The van der Waals surface area contributed by atoms with E-state index in [0.29, 0.717) is 6.07 Å². The highest BCUT2D eigenvalue weighted by Gasteiger charge is 2.16. The third-order valence-electron chi connectivity index (χ3n) is 2.69. The van der Waals surface area contributed by atoms with E-state index in [9.17, 15) is 17.6 Å². The fourth-order valence-corrected chi connectivity index (χ4v) is 1.69. The first-order chi connectivity index (χ1) is 9.49. The van der Waals surface area contributed by atoms with E-state index in [-0.39, 0.29) is 12.2 Å². The highest BCUT2D eigenvalue weighted by Crippen LogP contribution is 2.23. The second kappa shape index (κ2) is 5.92. The molecule has 2 rings (SSSR count). The SMILES string of the molecule is NC(COc1c(F)cccc1F)c1ccc(F)cc1F. The summed E-state index contributed by atoms with van der Waals surface area (Å²) in [4.78, 5) is 0. The number of nitrogens with two attached hydrogens (primary N) is 1. The van der Waals surface area contributed by atoms with E-state index in [2.05, 4.69) is 0 Å². The van der Waals surface area contributed by atoms with Crippen LogP contribution in [0.5, 0.6) is 5.75 Å². The van der Waals surface area contributed by atoms with E-state index in [1.165, 1.54) is 6.07 Å². The zero-order valence-corrected chi connectivity index (χ0v) is 10.2. The van der Waals surface area contributed by atoms with Gasteiger partial charge in [-0.15, -0.1) is 0 Å². The molecule has 0 aliphatic heterocycles. The van der Waals surface area contributed by atoms with Crippen LogP contribution >= 0.6 is 0 Å². The van der Waals surface area contributed by atoms with Crippen LogP contribution in [0.2, 0.25) is 0 Å². The Labute approximate surface area is 112 Å². The van der Waals surface area contributed by atoms with Crippen LogP contribution in [0.1, 0.15) is 11.6 Å². The first-order valence-corrected chi connectivity index (χ1v) is 5.76. The molecule has 0 heterocycles. The first-order valence-electron chi connectivity index (χ1n) is 5.76. The van der Waals surface area contributed by atoms with Crippen LogP contribution in [0.25, 0.3) is 0 Å². The second-order valence-corrected chi connectivity index (χ2v) is 4.13. The summed E-state index contributed by atoms with van der Waals surface area (Å²) in [6, 6.07) is 5.16. The van der Waals surface area contributed by atoms with E-state index in [0.717, 1.165) is 24.3 Å². The molecule has 6 heteroatoms. The van der Waals surface area contributed by atoms with Crippen LogP contribution in [0.3, 0.4) is 0 Å². The fraction of sp³-hybridized carbons (Fsp3) is 0.143. The molecule has 2 aromatic rings. The van der Waals surface area contributed by atoms with Gasteiger partial charge in [0.05, 0.1) is 6.04 Å². The van der Waals surface area contributed by atoms with Crippen molar-refractivity contribution in [2.45, 2.75) is 6.04 Å². The lowest BCUT2D eigenvalue weighted by Gasteiger charge is -2.15. The van der Waals surface area contributed by atoms with Gasteiger partial charge in [-0.25, -0.2) is 17.6 Å². The normalized spacial score (nSPS) is 12.2. The molecule has 20 heavy (non-hydrogen) atoms. The number of halogens is 4. The van der Waals surface area contributed by atoms with Crippen LogP contribution in [-0.2, 0) is 0 Å². The molecule has 1 unspecified atom stereocenters. The Kier molecular flexibility index (Phi) is 4.24. The van der Waals surface area contributed by atoms with Gasteiger partial charge in [-0.05, 0) is 18.2 Å². The average molecular weight is 285 g/mol. The standard InChI is InChI=1S/C14H11F4NO/c15-8-4-5-9(12(18)6-8)13(19)7-20-14-10(16)2-1-3-11(14)17/h1-6,13H,7,19H2. The van der Waals surface area contributed by atoms with Gasteiger partial charge in [0, 0.05) is 11.6 Å². The predicted octanol–water partition coefficient (Wildman–Crippen LogP) is 3.32. The van der Waals surface area contributed by atoms with Gasteiger partial charge in [0.1, 0.15) is 18.2 Å². The molecule has 1 atom stereocenters. The van der Waals surface area contributed by atoms with Crippen LogP contribution in [0.4, 0.5) is 17.6 Å². The highest BCUT2D eigenvalue weighted by atomic mass is 19.1. The summed E-state index contributed by atoms with van der Waals surface area (Å²) in [6.07, 6.45) is 0.